The van der Waals surface area contributed by atoms with E-state index in [0.717, 1.165) is 23.4 Å². The third kappa shape index (κ3) is 5.17. The van der Waals surface area contributed by atoms with E-state index in [1.165, 1.54) is 6.07 Å². The average molecular weight is 433 g/mol. The van der Waals surface area contributed by atoms with Crippen molar-refractivity contribution in [3.8, 4) is 5.75 Å². The van der Waals surface area contributed by atoms with Gasteiger partial charge in [-0.3, -0.25) is 4.79 Å². The molecule has 1 amide bonds. The van der Waals surface area contributed by atoms with Crippen LogP contribution in [0.2, 0.25) is 0 Å². The molecular weight excluding hydrogens is 411 g/mol. The molecule has 1 aromatic heterocycles. The Labute approximate surface area is 177 Å². The molecule has 0 atom stereocenters. The number of benzene rings is 2. The summed E-state index contributed by atoms with van der Waals surface area (Å²) in [7, 11) is 3.37. The van der Waals surface area contributed by atoms with E-state index in [-0.39, 0.29) is 17.9 Å². The van der Waals surface area contributed by atoms with Gasteiger partial charge in [0.25, 0.3) is 5.91 Å². The summed E-state index contributed by atoms with van der Waals surface area (Å²) in [5.74, 6) is 0.676. The number of carbonyl (C=O) groups is 1. The molecule has 3 aromatic rings. The van der Waals surface area contributed by atoms with Crippen molar-refractivity contribution in [3.05, 3.63) is 70.6 Å². The van der Waals surface area contributed by atoms with Crippen molar-refractivity contribution in [3.63, 3.8) is 0 Å². The summed E-state index contributed by atoms with van der Waals surface area (Å²) in [6.45, 7) is 3.88. The first-order chi connectivity index (χ1) is 14.6. The highest BCUT2D eigenvalue weighted by molar-refractivity contribution is 6.06. The molecule has 0 saturated heterocycles. The van der Waals surface area contributed by atoms with Crippen LogP contribution in [0.5, 0.6) is 5.75 Å². The van der Waals surface area contributed by atoms with Gasteiger partial charge in [-0.1, -0.05) is 5.16 Å². The Kier molecular flexibility index (Phi) is 6.24. The fourth-order valence-corrected chi connectivity index (χ4v) is 2.96. The number of aryl methyl sites for hydroxylation is 2. The number of amides is 1. The Hall–Kier alpha value is -3.49. The number of halogens is 3. The first-order valence-corrected chi connectivity index (χ1v) is 9.41. The van der Waals surface area contributed by atoms with Crippen LogP contribution in [0.25, 0.3) is 0 Å². The van der Waals surface area contributed by atoms with Gasteiger partial charge in [-0.2, -0.15) is 13.2 Å². The van der Waals surface area contributed by atoms with Gasteiger partial charge in [-0.05, 0) is 56.3 Å². The molecule has 0 bridgehead atoms. The number of rotatable bonds is 6. The fourth-order valence-electron chi connectivity index (χ4n) is 2.96. The highest BCUT2D eigenvalue weighted by Gasteiger charge is 2.31. The SMILES string of the molecule is Cc1noc(C)c1COc1ccc(C(=O)Nc2cc(C(F)(F)F)ccc2N(C)C)cc1. The average Bonchev–Trinajstić information content (AvgIpc) is 3.03. The van der Waals surface area contributed by atoms with E-state index >= 15 is 0 Å². The predicted molar refractivity (Wildman–Crippen MR) is 110 cm³/mol. The lowest BCUT2D eigenvalue weighted by molar-refractivity contribution is -0.137. The van der Waals surface area contributed by atoms with Crippen LogP contribution < -0.4 is 15.0 Å². The van der Waals surface area contributed by atoms with Gasteiger partial charge in [0.15, 0.2) is 0 Å². The van der Waals surface area contributed by atoms with E-state index in [1.807, 2.05) is 6.92 Å². The maximum atomic E-state index is 13.1. The van der Waals surface area contributed by atoms with Gasteiger partial charge in [0.2, 0.25) is 0 Å². The van der Waals surface area contributed by atoms with Crippen LogP contribution in [0.3, 0.4) is 0 Å². The lowest BCUT2D eigenvalue weighted by Crippen LogP contribution is -2.18. The summed E-state index contributed by atoms with van der Waals surface area (Å²) in [4.78, 5) is 14.2. The number of nitrogens with zero attached hydrogens (tertiary/aromatic N) is 2. The van der Waals surface area contributed by atoms with Crippen LogP contribution in [0.1, 0.15) is 32.9 Å². The fraction of sp³-hybridized carbons (Fsp3) is 0.273. The van der Waals surface area contributed by atoms with E-state index in [9.17, 15) is 18.0 Å². The summed E-state index contributed by atoms with van der Waals surface area (Å²) < 4.78 is 50.0. The van der Waals surface area contributed by atoms with Gasteiger partial charge >= 0.3 is 6.18 Å². The minimum absolute atomic E-state index is 0.0727. The van der Waals surface area contributed by atoms with Crippen LogP contribution in [0.15, 0.2) is 47.0 Å². The van der Waals surface area contributed by atoms with E-state index in [0.29, 0.717) is 17.2 Å². The maximum absolute atomic E-state index is 13.1. The zero-order valence-electron chi connectivity index (χ0n) is 17.5. The number of aromatic nitrogens is 1. The van der Waals surface area contributed by atoms with Crippen LogP contribution in [0.4, 0.5) is 24.5 Å². The van der Waals surface area contributed by atoms with Crippen LogP contribution in [-0.2, 0) is 12.8 Å². The van der Waals surface area contributed by atoms with Crippen molar-refractivity contribution in [1.82, 2.24) is 5.16 Å². The Morgan fingerprint density at radius 2 is 1.81 bits per heavy atom. The number of hydrogen-bond acceptors (Lipinski definition) is 5. The standard InChI is InChI=1S/C22H22F3N3O3/c1-13-18(14(2)31-27-13)12-30-17-8-5-15(6-9-17)21(29)26-19-11-16(22(23,24)25)7-10-20(19)28(3)4/h5-11H,12H2,1-4H3,(H,26,29). The molecule has 1 heterocycles. The zero-order chi connectivity index (χ0) is 22.8. The van der Waals surface area contributed by atoms with Crippen LogP contribution >= 0.6 is 0 Å². The van der Waals surface area contributed by atoms with E-state index in [4.69, 9.17) is 9.26 Å². The molecule has 164 valence electrons. The lowest BCUT2D eigenvalue weighted by Gasteiger charge is -2.20. The van der Waals surface area contributed by atoms with Gasteiger partial charge < -0.3 is 19.5 Å². The van der Waals surface area contributed by atoms with Crippen LogP contribution in [0, 0.1) is 13.8 Å². The van der Waals surface area contributed by atoms with Crippen molar-refractivity contribution >= 4 is 17.3 Å². The maximum Gasteiger partial charge on any atom is 0.416 e. The second-order valence-electron chi connectivity index (χ2n) is 7.19. The zero-order valence-corrected chi connectivity index (χ0v) is 17.5. The van der Waals surface area contributed by atoms with E-state index < -0.39 is 17.6 Å². The number of nitrogens with one attached hydrogen (secondary N) is 1. The number of anilines is 2. The molecule has 0 spiro atoms. The third-order valence-corrected chi connectivity index (χ3v) is 4.73. The molecular formula is C22H22F3N3O3. The van der Waals surface area contributed by atoms with Crippen molar-refractivity contribution in [2.75, 3.05) is 24.3 Å². The molecule has 0 radical (unpaired) electrons. The quantitative estimate of drug-likeness (QED) is 0.578. The number of carbonyl (C=O) groups excluding carboxylic acids is 1. The Morgan fingerprint density at radius 3 is 2.35 bits per heavy atom. The first-order valence-electron chi connectivity index (χ1n) is 9.41. The smallest absolute Gasteiger partial charge is 0.416 e. The van der Waals surface area contributed by atoms with E-state index in [1.54, 1.807) is 50.2 Å². The molecule has 6 nitrogen and oxygen atoms in total. The summed E-state index contributed by atoms with van der Waals surface area (Å²) in [6, 6.07) is 9.55. The molecule has 1 N–H and O–H groups in total. The van der Waals surface area contributed by atoms with Crippen LogP contribution in [-0.4, -0.2) is 25.2 Å². The van der Waals surface area contributed by atoms with Gasteiger partial charge in [0, 0.05) is 19.7 Å². The minimum atomic E-state index is -4.51. The number of ether oxygens (including phenoxy) is 1. The highest BCUT2D eigenvalue weighted by atomic mass is 19.4. The normalized spacial score (nSPS) is 11.3. The Morgan fingerprint density at radius 1 is 1.13 bits per heavy atom. The second-order valence-corrected chi connectivity index (χ2v) is 7.19. The number of hydrogen-bond donors (Lipinski definition) is 1. The number of alkyl halides is 3. The second kappa shape index (κ2) is 8.71. The summed E-state index contributed by atoms with van der Waals surface area (Å²) in [5, 5.41) is 6.43. The largest absolute Gasteiger partial charge is 0.489 e. The molecule has 0 aliphatic heterocycles. The third-order valence-electron chi connectivity index (χ3n) is 4.73. The van der Waals surface area contributed by atoms with Crippen molar-refractivity contribution in [1.29, 1.82) is 0 Å². The molecule has 0 aliphatic rings. The molecule has 0 saturated carbocycles. The van der Waals surface area contributed by atoms with Crippen molar-refractivity contribution in [2.45, 2.75) is 26.6 Å². The van der Waals surface area contributed by atoms with Gasteiger partial charge in [-0.25, -0.2) is 0 Å². The summed E-state index contributed by atoms with van der Waals surface area (Å²) >= 11 is 0. The molecule has 0 aliphatic carbocycles. The van der Waals surface area contributed by atoms with Gasteiger partial charge in [0.05, 0.1) is 28.2 Å². The molecule has 9 heteroatoms. The lowest BCUT2D eigenvalue weighted by atomic mass is 10.1. The molecule has 0 fully saturated rings. The Balaban J connectivity index is 1.73. The molecule has 3 rings (SSSR count). The molecule has 0 unspecified atom stereocenters. The van der Waals surface area contributed by atoms with Crippen molar-refractivity contribution in [2.24, 2.45) is 0 Å². The summed E-state index contributed by atoms with van der Waals surface area (Å²) in [6.07, 6.45) is -4.51. The summed E-state index contributed by atoms with van der Waals surface area (Å²) in [5.41, 5.74) is 1.57. The van der Waals surface area contributed by atoms with E-state index in [2.05, 4.69) is 10.5 Å². The predicted octanol–water partition coefficient (Wildman–Crippen LogP) is 5.21. The monoisotopic (exact) mass is 433 g/mol. The topological polar surface area (TPSA) is 67.6 Å². The first kappa shape index (κ1) is 22.2. The van der Waals surface area contributed by atoms with Gasteiger partial charge in [-0.15, -0.1) is 0 Å². The molecule has 31 heavy (non-hydrogen) atoms. The highest BCUT2D eigenvalue weighted by Crippen LogP contribution is 2.35. The molecule has 2 aromatic carbocycles. The minimum Gasteiger partial charge on any atom is -0.489 e. The van der Waals surface area contributed by atoms with Gasteiger partial charge in [0.1, 0.15) is 18.1 Å². The van der Waals surface area contributed by atoms with Crippen molar-refractivity contribution < 1.29 is 27.2 Å². The Bertz CT molecular complexity index is 1050.